The molecule has 5 nitrogen and oxygen atoms in total. The van der Waals surface area contributed by atoms with Gasteiger partial charge in [0.1, 0.15) is 0 Å². The number of hydrogen-bond acceptors (Lipinski definition) is 4. The number of nitrogens with one attached hydrogen (secondary N) is 1. The van der Waals surface area contributed by atoms with E-state index >= 15 is 0 Å². The maximum absolute atomic E-state index is 11.8. The Bertz CT molecular complexity index is 613. The number of aromatic amines is 1. The summed E-state index contributed by atoms with van der Waals surface area (Å²) in [5.74, 6) is 0.163. The molecule has 17 heavy (non-hydrogen) atoms. The summed E-state index contributed by atoms with van der Waals surface area (Å²) >= 11 is 0. The van der Waals surface area contributed by atoms with Gasteiger partial charge in [0.15, 0.2) is 0 Å². The number of nitrogens with two attached hydrogens (primary N) is 1. The van der Waals surface area contributed by atoms with E-state index in [-0.39, 0.29) is 11.5 Å². The molecule has 1 aliphatic rings. The Kier molecular flexibility index (Phi) is 2.24. The lowest BCUT2D eigenvalue weighted by Crippen LogP contribution is -2.18. The lowest BCUT2D eigenvalue weighted by atomic mass is 10.2. The highest BCUT2D eigenvalue weighted by Gasteiger charge is 2.13. The zero-order valence-corrected chi connectivity index (χ0v) is 9.44. The average Bonchev–Trinajstić information content (AvgIpc) is 2.82. The van der Waals surface area contributed by atoms with Crippen molar-refractivity contribution in [2.45, 2.75) is 12.8 Å². The number of fused-ring (bicyclic) bond motifs is 1. The molecule has 0 unspecified atom stereocenters. The van der Waals surface area contributed by atoms with Crippen LogP contribution in [0.1, 0.15) is 12.8 Å². The summed E-state index contributed by atoms with van der Waals surface area (Å²) in [6.07, 6.45) is 2.43. The van der Waals surface area contributed by atoms with Gasteiger partial charge in [-0.15, -0.1) is 0 Å². The second-order valence-electron chi connectivity index (χ2n) is 4.35. The summed E-state index contributed by atoms with van der Waals surface area (Å²) in [4.78, 5) is 20.7. The summed E-state index contributed by atoms with van der Waals surface area (Å²) in [6, 6.07) is 5.75. The van der Waals surface area contributed by atoms with Crippen LogP contribution in [0.3, 0.4) is 0 Å². The summed E-state index contributed by atoms with van der Waals surface area (Å²) < 4.78 is 0. The number of rotatable bonds is 1. The molecular formula is C12H14N4O. The standard InChI is InChI=1S/C12H14N4O/c13-12-14-10-4-3-8(16-5-1-2-6-16)7-9(10)11(17)15-12/h3-4,7H,1-2,5-6H2,(H3,13,14,15,17). The predicted octanol–water partition coefficient (Wildman–Crippen LogP) is 1.11. The number of anilines is 2. The number of nitrogens with zero attached hydrogens (tertiary/aromatic N) is 2. The van der Waals surface area contributed by atoms with E-state index in [1.807, 2.05) is 18.2 Å². The van der Waals surface area contributed by atoms with E-state index in [1.165, 1.54) is 12.8 Å². The minimum absolute atomic E-state index is 0.163. The van der Waals surface area contributed by atoms with Gasteiger partial charge >= 0.3 is 0 Å². The van der Waals surface area contributed by atoms with Crippen molar-refractivity contribution in [2.24, 2.45) is 0 Å². The van der Waals surface area contributed by atoms with E-state index in [4.69, 9.17) is 5.73 Å². The maximum Gasteiger partial charge on any atom is 0.260 e. The molecule has 2 aromatic rings. The first-order chi connectivity index (χ1) is 8.24. The van der Waals surface area contributed by atoms with Crippen molar-refractivity contribution >= 4 is 22.5 Å². The van der Waals surface area contributed by atoms with Crippen LogP contribution < -0.4 is 16.2 Å². The Morgan fingerprint density at radius 3 is 2.82 bits per heavy atom. The van der Waals surface area contributed by atoms with E-state index in [0.29, 0.717) is 10.9 Å². The number of benzene rings is 1. The van der Waals surface area contributed by atoms with E-state index < -0.39 is 0 Å². The lowest BCUT2D eigenvalue weighted by molar-refractivity contribution is 0.949. The van der Waals surface area contributed by atoms with Crippen LogP contribution in [0.25, 0.3) is 10.9 Å². The Hall–Kier alpha value is -2.04. The fourth-order valence-electron chi connectivity index (χ4n) is 2.32. The third kappa shape index (κ3) is 1.73. The lowest BCUT2D eigenvalue weighted by Gasteiger charge is -2.17. The number of aromatic nitrogens is 2. The number of H-pyrrole nitrogens is 1. The molecule has 88 valence electrons. The molecule has 3 N–H and O–H groups in total. The molecule has 0 bridgehead atoms. The van der Waals surface area contributed by atoms with Crippen LogP contribution in [0.15, 0.2) is 23.0 Å². The molecule has 0 radical (unpaired) electrons. The summed E-state index contributed by atoms with van der Waals surface area (Å²) in [7, 11) is 0. The number of nitrogen functional groups attached to an aromatic ring is 1. The Morgan fingerprint density at radius 2 is 2.06 bits per heavy atom. The predicted molar refractivity (Wildman–Crippen MR) is 68.2 cm³/mol. The van der Waals surface area contributed by atoms with Crippen molar-refractivity contribution in [1.82, 2.24) is 9.97 Å². The minimum Gasteiger partial charge on any atom is -0.372 e. The zero-order chi connectivity index (χ0) is 11.8. The molecule has 0 saturated carbocycles. The van der Waals surface area contributed by atoms with Crippen LogP contribution in [0.2, 0.25) is 0 Å². The van der Waals surface area contributed by atoms with E-state index in [2.05, 4.69) is 14.9 Å². The summed E-state index contributed by atoms with van der Waals surface area (Å²) in [5, 5.41) is 0.601. The smallest absolute Gasteiger partial charge is 0.260 e. The van der Waals surface area contributed by atoms with Gasteiger partial charge in [-0.05, 0) is 31.0 Å². The molecular weight excluding hydrogens is 216 g/mol. The first-order valence-electron chi connectivity index (χ1n) is 5.78. The first-order valence-corrected chi connectivity index (χ1v) is 5.78. The third-order valence-corrected chi connectivity index (χ3v) is 3.18. The van der Waals surface area contributed by atoms with Crippen molar-refractivity contribution in [3.8, 4) is 0 Å². The van der Waals surface area contributed by atoms with Crippen LogP contribution in [-0.4, -0.2) is 23.1 Å². The topological polar surface area (TPSA) is 75.0 Å². The number of hydrogen-bond donors (Lipinski definition) is 2. The van der Waals surface area contributed by atoms with Crippen LogP contribution in [0.5, 0.6) is 0 Å². The molecule has 0 atom stereocenters. The zero-order valence-electron chi connectivity index (χ0n) is 9.44. The summed E-state index contributed by atoms with van der Waals surface area (Å²) in [6.45, 7) is 2.12. The van der Waals surface area contributed by atoms with E-state index in [9.17, 15) is 4.79 Å². The normalized spacial score (nSPS) is 15.6. The molecule has 1 aromatic heterocycles. The van der Waals surface area contributed by atoms with Gasteiger partial charge in [0.05, 0.1) is 10.9 Å². The monoisotopic (exact) mass is 230 g/mol. The highest BCUT2D eigenvalue weighted by atomic mass is 16.1. The van der Waals surface area contributed by atoms with Gasteiger partial charge < -0.3 is 10.6 Å². The van der Waals surface area contributed by atoms with Crippen molar-refractivity contribution in [2.75, 3.05) is 23.7 Å². The van der Waals surface area contributed by atoms with E-state index in [0.717, 1.165) is 18.8 Å². The quantitative estimate of drug-likeness (QED) is 0.769. The van der Waals surface area contributed by atoms with Crippen LogP contribution >= 0.6 is 0 Å². The molecule has 0 spiro atoms. The third-order valence-electron chi connectivity index (χ3n) is 3.18. The fourth-order valence-corrected chi connectivity index (χ4v) is 2.32. The van der Waals surface area contributed by atoms with Gasteiger partial charge in [-0.1, -0.05) is 0 Å². The van der Waals surface area contributed by atoms with Gasteiger partial charge in [-0.2, -0.15) is 0 Å². The summed E-state index contributed by atoms with van der Waals surface area (Å²) in [5.41, 5.74) is 7.07. The van der Waals surface area contributed by atoms with Crippen LogP contribution in [-0.2, 0) is 0 Å². The average molecular weight is 230 g/mol. The highest BCUT2D eigenvalue weighted by Crippen LogP contribution is 2.22. The van der Waals surface area contributed by atoms with Crippen LogP contribution in [0, 0.1) is 0 Å². The SMILES string of the molecule is Nc1nc2ccc(N3CCCC3)cc2c(=O)[nH]1. The first kappa shape index (κ1) is 10.1. The Labute approximate surface area is 98.3 Å². The molecule has 0 amide bonds. The van der Waals surface area contributed by atoms with Crippen molar-refractivity contribution in [1.29, 1.82) is 0 Å². The van der Waals surface area contributed by atoms with Gasteiger partial charge in [0.2, 0.25) is 5.95 Å². The molecule has 1 aromatic carbocycles. The maximum atomic E-state index is 11.8. The molecule has 3 rings (SSSR count). The fraction of sp³-hybridized carbons (Fsp3) is 0.333. The molecule has 1 fully saturated rings. The van der Waals surface area contributed by atoms with Crippen molar-refractivity contribution in [3.05, 3.63) is 28.6 Å². The largest absolute Gasteiger partial charge is 0.372 e. The minimum atomic E-state index is -0.173. The molecule has 0 aliphatic carbocycles. The Morgan fingerprint density at radius 1 is 1.29 bits per heavy atom. The second-order valence-corrected chi connectivity index (χ2v) is 4.35. The molecule has 1 saturated heterocycles. The van der Waals surface area contributed by atoms with E-state index in [1.54, 1.807) is 0 Å². The van der Waals surface area contributed by atoms with Gasteiger partial charge in [-0.25, -0.2) is 4.98 Å². The van der Waals surface area contributed by atoms with Gasteiger partial charge in [0, 0.05) is 18.8 Å². The molecule has 1 aliphatic heterocycles. The van der Waals surface area contributed by atoms with Gasteiger partial charge in [-0.3, -0.25) is 9.78 Å². The van der Waals surface area contributed by atoms with Crippen molar-refractivity contribution in [3.63, 3.8) is 0 Å². The second kappa shape index (κ2) is 3.76. The van der Waals surface area contributed by atoms with Crippen molar-refractivity contribution < 1.29 is 0 Å². The van der Waals surface area contributed by atoms with Gasteiger partial charge in [0.25, 0.3) is 5.56 Å². The Balaban J connectivity index is 2.15. The molecule has 5 heteroatoms. The van der Waals surface area contributed by atoms with Crippen LogP contribution in [0.4, 0.5) is 11.6 Å². The highest BCUT2D eigenvalue weighted by molar-refractivity contribution is 5.82. The molecule has 2 heterocycles.